The first kappa shape index (κ1) is 37.5. The molecule has 12 heteroatoms. The first-order valence-corrected chi connectivity index (χ1v) is 21.6. The molecule has 2 atom stereocenters. The Balaban J connectivity index is 1.32. The van der Waals surface area contributed by atoms with Gasteiger partial charge in [-0.15, -0.1) is 0 Å². The van der Waals surface area contributed by atoms with Gasteiger partial charge in [0.05, 0.1) is 66.7 Å². The number of nitrogens with one attached hydrogen (secondary N) is 1. The molecule has 55 heavy (non-hydrogen) atoms. The minimum Gasteiger partial charge on any atom is -0.497 e. The van der Waals surface area contributed by atoms with E-state index >= 15 is 0 Å². The molecular weight excluding hydrogens is 715 g/mol. The second kappa shape index (κ2) is 14.9. The van der Waals surface area contributed by atoms with Crippen LogP contribution in [0.25, 0.3) is 33.8 Å². The first-order chi connectivity index (χ1) is 26.4. The number of nitrogens with zero attached hydrogens (tertiary/aromatic N) is 4. The van der Waals surface area contributed by atoms with Crippen molar-refractivity contribution in [2.75, 3.05) is 20.2 Å². The van der Waals surface area contributed by atoms with Gasteiger partial charge in [0, 0.05) is 29.6 Å². The van der Waals surface area contributed by atoms with Crippen LogP contribution in [0.4, 0.5) is 0 Å². The Kier molecular flexibility index (Phi) is 10.2. The maximum absolute atomic E-state index is 14.6. The van der Waals surface area contributed by atoms with Crippen LogP contribution in [0.15, 0.2) is 42.6 Å². The lowest BCUT2D eigenvalue weighted by atomic mass is 9.81. The lowest BCUT2D eigenvalue weighted by molar-refractivity contribution is -0.118. The first-order valence-electron chi connectivity index (χ1n) is 20.0. The highest BCUT2D eigenvalue weighted by Gasteiger charge is 2.35. The molecule has 292 valence electrons. The fourth-order valence-corrected chi connectivity index (χ4v) is 9.72. The fraction of sp³-hybridized carbons (Fsp3) is 0.512. The number of methoxy groups -OCH3 is 1. The van der Waals surface area contributed by atoms with Crippen molar-refractivity contribution in [2.24, 2.45) is 0 Å². The van der Waals surface area contributed by atoms with E-state index in [4.69, 9.17) is 14.6 Å². The normalized spacial score (nSPS) is 20.8. The van der Waals surface area contributed by atoms with Crippen LogP contribution < -0.4 is 9.46 Å². The molecule has 4 heterocycles. The summed E-state index contributed by atoms with van der Waals surface area (Å²) in [6.07, 6.45) is 12.7. The number of rotatable bonds is 9. The summed E-state index contributed by atoms with van der Waals surface area (Å²) in [5.41, 5.74) is 8.71. The molecule has 2 amide bonds. The number of carbonyl (C=O) groups is 2. The highest BCUT2D eigenvalue weighted by atomic mass is 32.2. The van der Waals surface area contributed by atoms with Crippen molar-refractivity contribution in [3.05, 3.63) is 70.5 Å². The smallest absolute Gasteiger partial charge is 0.257 e. The van der Waals surface area contributed by atoms with E-state index in [9.17, 15) is 18.0 Å². The van der Waals surface area contributed by atoms with Crippen LogP contribution in [0.2, 0.25) is 0 Å². The maximum atomic E-state index is 14.6. The number of sulfonamides is 1. The molecule has 3 fully saturated rings. The van der Waals surface area contributed by atoms with E-state index in [1.54, 1.807) is 27.2 Å². The number of morpholine rings is 1. The molecule has 11 nitrogen and oxygen atoms in total. The van der Waals surface area contributed by atoms with Crippen molar-refractivity contribution in [3.63, 3.8) is 0 Å². The van der Waals surface area contributed by atoms with Gasteiger partial charge in [0.15, 0.2) is 0 Å². The zero-order chi connectivity index (χ0) is 38.6. The zero-order valence-corrected chi connectivity index (χ0v) is 33.5. The van der Waals surface area contributed by atoms with E-state index in [-0.39, 0.29) is 30.6 Å². The van der Waals surface area contributed by atoms with Crippen molar-refractivity contribution in [3.8, 4) is 17.0 Å². The Labute approximate surface area is 324 Å². The summed E-state index contributed by atoms with van der Waals surface area (Å²) in [6.45, 7) is 8.64. The minimum atomic E-state index is -3.76. The number of allylic oxidation sites excluding steroid dienone is 1. The summed E-state index contributed by atoms with van der Waals surface area (Å²) in [5, 5.41) is 5.37. The molecule has 8 rings (SSSR count). The molecule has 4 aromatic rings. The number of hydrogen-bond donors (Lipinski definition) is 1. The van der Waals surface area contributed by atoms with Crippen LogP contribution in [0, 0.1) is 0 Å². The van der Waals surface area contributed by atoms with Gasteiger partial charge in [-0.3, -0.25) is 19.0 Å². The molecule has 1 N–H and O–H groups in total. The van der Waals surface area contributed by atoms with Crippen molar-refractivity contribution in [2.45, 2.75) is 121 Å². The van der Waals surface area contributed by atoms with Crippen LogP contribution in [0.1, 0.15) is 124 Å². The van der Waals surface area contributed by atoms with E-state index in [0.29, 0.717) is 31.1 Å². The van der Waals surface area contributed by atoms with Crippen LogP contribution in [0.3, 0.4) is 0 Å². The standard InChI is InChI=1S/C43H53N5O6S/c1-26(2)55(51,52)45-39(49)19-29-14-16-36-38(18-29)47-25-32(20-31-21-34(53-5)15-17-35(31)42(47)40(36)30-10-7-6-8-11-30)41-37(22-44-48(41)33-12-9-13-33)43(50)46-23-27(3)54-28(4)24-46/h14-18,20-22,26-28,30,33H,6-13,19,23-25H2,1-5H3,(H,45,49)/t27-,28+. The Hall–Kier alpha value is -4.42. The molecule has 2 aliphatic carbocycles. The van der Waals surface area contributed by atoms with Gasteiger partial charge in [0.1, 0.15) is 5.75 Å². The molecule has 0 radical (unpaired) electrons. The van der Waals surface area contributed by atoms with Gasteiger partial charge in [-0.1, -0.05) is 31.4 Å². The third kappa shape index (κ3) is 7.12. The van der Waals surface area contributed by atoms with Crippen molar-refractivity contribution in [1.29, 1.82) is 0 Å². The van der Waals surface area contributed by atoms with Crippen LogP contribution in [0.5, 0.6) is 5.75 Å². The van der Waals surface area contributed by atoms with Crippen molar-refractivity contribution < 1.29 is 27.5 Å². The summed E-state index contributed by atoms with van der Waals surface area (Å²) in [7, 11) is -2.08. The Morgan fingerprint density at radius 3 is 2.38 bits per heavy atom. The summed E-state index contributed by atoms with van der Waals surface area (Å²) in [5.74, 6) is 0.518. The van der Waals surface area contributed by atoms with Gasteiger partial charge in [-0.05, 0) is 118 Å². The second-order valence-electron chi connectivity index (χ2n) is 16.4. The highest BCUT2D eigenvalue weighted by Crippen LogP contribution is 2.48. The number of amides is 2. The molecule has 0 unspecified atom stereocenters. The fourth-order valence-electron chi connectivity index (χ4n) is 9.10. The number of ether oxygens (including phenoxy) is 2. The summed E-state index contributed by atoms with van der Waals surface area (Å²) < 4.78 is 43.7. The molecule has 1 saturated heterocycles. The largest absolute Gasteiger partial charge is 0.497 e. The van der Waals surface area contributed by atoms with Gasteiger partial charge < -0.3 is 18.9 Å². The van der Waals surface area contributed by atoms with E-state index in [2.05, 4.69) is 44.3 Å². The molecule has 2 aromatic heterocycles. The molecule has 2 saturated carbocycles. The van der Waals surface area contributed by atoms with Gasteiger partial charge in [-0.2, -0.15) is 5.10 Å². The van der Waals surface area contributed by atoms with E-state index in [1.807, 2.05) is 30.9 Å². The minimum absolute atomic E-state index is 0.0382. The van der Waals surface area contributed by atoms with E-state index in [1.165, 1.54) is 24.8 Å². The SMILES string of the molecule is COc1ccc2c(c1)C=C(c1c(C(=O)N3C[C@@H](C)O[C@@H](C)C3)cnn1C1CCC1)Cn1c-2c(C2CCCCC2)c2ccc(CC(=O)NS(=O)(=O)C(C)C)cc21. The van der Waals surface area contributed by atoms with E-state index < -0.39 is 21.2 Å². The third-order valence-corrected chi connectivity index (χ3v) is 13.8. The molecule has 2 aliphatic heterocycles. The van der Waals surface area contributed by atoms with Crippen LogP contribution in [-0.4, -0.2) is 77.1 Å². The summed E-state index contributed by atoms with van der Waals surface area (Å²) in [6, 6.07) is 12.6. The number of carbonyl (C=O) groups excluding carboxylic acids is 2. The van der Waals surface area contributed by atoms with E-state index in [0.717, 1.165) is 82.4 Å². The van der Waals surface area contributed by atoms with Crippen LogP contribution in [-0.2, 0) is 32.5 Å². The number of benzene rings is 2. The molecule has 0 bridgehead atoms. The topological polar surface area (TPSA) is 125 Å². The zero-order valence-electron chi connectivity index (χ0n) is 32.6. The number of aromatic nitrogens is 3. The number of hydrogen-bond acceptors (Lipinski definition) is 7. The molecular formula is C43H53N5O6S. The van der Waals surface area contributed by atoms with Gasteiger partial charge in [0.25, 0.3) is 5.91 Å². The van der Waals surface area contributed by atoms with Gasteiger partial charge in [0.2, 0.25) is 15.9 Å². The maximum Gasteiger partial charge on any atom is 0.257 e. The quantitative estimate of drug-likeness (QED) is 0.187. The van der Waals surface area contributed by atoms with Gasteiger partial charge in [-0.25, -0.2) is 8.42 Å². The molecule has 0 spiro atoms. The van der Waals surface area contributed by atoms with Gasteiger partial charge >= 0.3 is 0 Å². The predicted molar refractivity (Wildman–Crippen MR) is 215 cm³/mol. The second-order valence-corrected chi connectivity index (χ2v) is 18.6. The number of fused-ring (bicyclic) bond motifs is 5. The predicted octanol–water partition coefficient (Wildman–Crippen LogP) is 7.49. The monoisotopic (exact) mass is 767 g/mol. The molecule has 4 aliphatic rings. The van der Waals surface area contributed by atoms with Crippen LogP contribution >= 0.6 is 0 Å². The summed E-state index contributed by atoms with van der Waals surface area (Å²) in [4.78, 5) is 29.6. The Bertz CT molecular complexity index is 2270. The van der Waals surface area contributed by atoms with Crippen molar-refractivity contribution >= 4 is 44.4 Å². The highest BCUT2D eigenvalue weighted by molar-refractivity contribution is 7.90. The third-order valence-electron chi connectivity index (χ3n) is 12.1. The lowest BCUT2D eigenvalue weighted by Gasteiger charge is -2.35. The summed E-state index contributed by atoms with van der Waals surface area (Å²) >= 11 is 0. The van der Waals surface area contributed by atoms with Crippen molar-refractivity contribution in [1.82, 2.24) is 24.0 Å². The Morgan fingerprint density at radius 1 is 0.964 bits per heavy atom. The average molecular weight is 768 g/mol. The molecule has 2 aromatic carbocycles. The average Bonchev–Trinajstić information content (AvgIpc) is 3.63. The lowest BCUT2D eigenvalue weighted by Crippen LogP contribution is -2.48. The Morgan fingerprint density at radius 2 is 1.71 bits per heavy atom.